The number of aromatic nitrogens is 2. The molecule has 2 rings (SSSR count). The Balaban J connectivity index is 2.31. The second-order valence-electron chi connectivity index (χ2n) is 3.64. The topological polar surface area (TPSA) is 38.0 Å². The Kier molecular flexibility index (Phi) is 3.29. The summed E-state index contributed by atoms with van der Waals surface area (Å²) in [4.78, 5) is 4.27. The number of hydrogen-bond acceptors (Lipinski definition) is 2. The zero-order valence-electron chi connectivity index (χ0n) is 9.02. The summed E-state index contributed by atoms with van der Waals surface area (Å²) in [6, 6.07) is 5.48. The van der Waals surface area contributed by atoms with Gasteiger partial charge in [-0.25, -0.2) is 4.98 Å². The number of pyridine rings is 1. The van der Waals surface area contributed by atoms with Crippen LogP contribution in [0.2, 0.25) is 0 Å². The predicted molar refractivity (Wildman–Crippen MR) is 67.3 cm³/mol. The fourth-order valence-corrected chi connectivity index (χ4v) is 1.90. The fraction of sp³-hybridized carbons (Fsp3) is 0.250. The molecular weight excluding hydrogens is 268 g/mol. The number of aromatic hydroxyl groups is 1. The molecule has 0 aliphatic heterocycles. The molecule has 0 unspecified atom stereocenters. The van der Waals surface area contributed by atoms with E-state index in [-0.39, 0.29) is 5.75 Å². The summed E-state index contributed by atoms with van der Waals surface area (Å²) >= 11 is 3.21. The standard InChI is InChI=1S/C12H13BrN2O/c1-2-6-15-7-5-9(8-15)10-3-4-11(16)12(13)14-10/h3-5,7-8,16H,2,6H2,1H3. The Bertz CT molecular complexity index is 494. The van der Waals surface area contributed by atoms with Gasteiger partial charge in [-0.15, -0.1) is 0 Å². The summed E-state index contributed by atoms with van der Waals surface area (Å²) in [5.74, 6) is 0.164. The first-order valence-electron chi connectivity index (χ1n) is 5.22. The van der Waals surface area contributed by atoms with E-state index >= 15 is 0 Å². The van der Waals surface area contributed by atoms with Gasteiger partial charge in [-0.05, 0) is 40.5 Å². The maximum Gasteiger partial charge on any atom is 0.148 e. The minimum atomic E-state index is 0.164. The van der Waals surface area contributed by atoms with E-state index in [1.54, 1.807) is 6.07 Å². The van der Waals surface area contributed by atoms with Gasteiger partial charge in [-0.2, -0.15) is 0 Å². The highest BCUT2D eigenvalue weighted by atomic mass is 79.9. The van der Waals surface area contributed by atoms with Crippen molar-refractivity contribution in [2.45, 2.75) is 19.9 Å². The molecule has 0 atom stereocenters. The van der Waals surface area contributed by atoms with E-state index < -0.39 is 0 Å². The average Bonchev–Trinajstić information content (AvgIpc) is 2.71. The average molecular weight is 281 g/mol. The quantitative estimate of drug-likeness (QED) is 0.875. The predicted octanol–water partition coefficient (Wildman–Crippen LogP) is 3.43. The lowest BCUT2D eigenvalue weighted by molar-refractivity contribution is 0.469. The lowest BCUT2D eigenvalue weighted by atomic mass is 10.2. The molecule has 84 valence electrons. The molecule has 0 bridgehead atoms. The second-order valence-corrected chi connectivity index (χ2v) is 4.40. The van der Waals surface area contributed by atoms with Crippen molar-refractivity contribution in [3.05, 3.63) is 35.2 Å². The smallest absolute Gasteiger partial charge is 0.148 e. The molecule has 0 aromatic carbocycles. The van der Waals surface area contributed by atoms with Crippen LogP contribution in [0.15, 0.2) is 35.2 Å². The van der Waals surface area contributed by atoms with Crippen LogP contribution in [0.1, 0.15) is 13.3 Å². The van der Waals surface area contributed by atoms with Crippen molar-refractivity contribution in [1.82, 2.24) is 9.55 Å². The molecule has 1 N–H and O–H groups in total. The van der Waals surface area contributed by atoms with Gasteiger partial charge in [-0.3, -0.25) is 0 Å². The number of rotatable bonds is 3. The van der Waals surface area contributed by atoms with E-state index in [4.69, 9.17) is 0 Å². The van der Waals surface area contributed by atoms with Crippen LogP contribution in [0, 0.1) is 0 Å². The first-order valence-corrected chi connectivity index (χ1v) is 6.01. The molecule has 0 aliphatic rings. The molecule has 0 saturated heterocycles. The van der Waals surface area contributed by atoms with Crippen molar-refractivity contribution >= 4 is 15.9 Å². The number of halogens is 1. The molecule has 0 saturated carbocycles. The van der Waals surface area contributed by atoms with Crippen molar-refractivity contribution in [3.8, 4) is 17.0 Å². The third-order valence-electron chi connectivity index (χ3n) is 2.36. The van der Waals surface area contributed by atoms with Gasteiger partial charge in [0.1, 0.15) is 10.4 Å². The number of nitrogens with zero attached hydrogens (tertiary/aromatic N) is 2. The molecule has 3 nitrogen and oxygen atoms in total. The Hall–Kier alpha value is -1.29. The SMILES string of the molecule is CCCn1ccc(-c2ccc(O)c(Br)n2)c1. The molecule has 2 aromatic rings. The van der Waals surface area contributed by atoms with Gasteiger partial charge in [0.25, 0.3) is 0 Å². The lowest BCUT2D eigenvalue weighted by Crippen LogP contribution is -1.91. The van der Waals surface area contributed by atoms with E-state index in [1.165, 1.54) is 0 Å². The molecule has 2 heterocycles. The van der Waals surface area contributed by atoms with Crippen LogP contribution >= 0.6 is 15.9 Å². The van der Waals surface area contributed by atoms with Crippen LogP contribution in [0.4, 0.5) is 0 Å². The van der Waals surface area contributed by atoms with Gasteiger partial charge in [-0.1, -0.05) is 6.92 Å². The van der Waals surface area contributed by atoms with E-state index in [0.717, 1.165) is 24.2 Å². The Morgan fingerprint density at radius 1 is 1.38 bits per heavy atom. The van der Waals surface area contributed by atoms with E-state index in [2.05, 4.69) is 38.6 Å². The summed E-state index contributed by atoms with van der Waals surface area (Å²) in [7, 11) is 0. The molecule has 2 aromatic heterocycles. The van der Waals surface area contributed by atoms with Gasteiger partial charge in [0.05, 0.1) is 5.69 Å². The lowest BCUT2D eigenvalue weighted by Gasteiger charge is -2.00. The Labute approximate surface area is 103 Å². The maximum atomic E-state index is 9.37. The molecule has 0 radical (unpaired) electrons. The fourth-order valence-electron chi connectivity index (χ4n) is 1.58. The van der Waals surface area contributed by atoms with Gasteiger partial charge in [0.2, 0.25) is 0 Å². The van der Waals surface area contributed by atoms with Crippen LogP contribution in [-0.2, 0) is 6.54 Å². The summed E-state index contributed by atoms with van der Waals surface area (Å²) in [5, 5.41) is 9.37. The molecule has 0 aliphatic carbocycles. The minimum Gasteiger partial charge on any atom is -0.505 e. The first kappa shape index (κ1) is 11.2. The molecule has 0 spiro atoms. The third-order valence-corrected chi connectivity index (χ3v) is 2.94. The summed E-state index contributed by atoms with van der Waals surface area (Å²) in [6.45, 7) is 3.16. The van der Waals surface area contributed by atoms with Crippen LogP contribution in [0.25, 0.3) is 11.3 Å². The molecule has 0 amide bonds. The molecule has 4 heteroatoms. The van der Waals surface area contributed by atoms with Crippen molar-refractivity contribution in [2.24, 2.45) is 0 Å². The Morgan fingerprint density at radius 3 is 2.88 bits per heavy atom. The maximum absolute atomic E-state index is 9.37. The molecule has 0 fully saturated rings. The van der Waals surface area contributed by atoms with Gasteiger partial charge >= 0.3 is 0 Å². The van der Waals surface area contributed by atoms with Crippen LogP contribution in [0.3, 0.4) is 0 Å². The van der Waals surface area contributed by atoms with Gasteiger partial charge < -0.3 is 9.67 Å². The summed E-state index contributed by atoms with van der Waals surface area (Å²) < 4.78 is 2.62. The second kappa shape index (κ2) is 4.70. The van der Waals surface area contributed by atoms with Crippen LogP contribution in [0.5, 0.6) is 5.75 Å². The highest BCUT2D eigenvalue weighted by Crippen LogP contribution is 2.26. The summed E-state index contributed by atoms with van der Waals surface area (Å²) in [5.41, 5.74) is 1.92. The van der Waals surface area contributed by atoms with Crippen molar-refractivity contribution in [2.75, 3.05) is 0 Å². The van der Waals surface area contributed by atoms with E-state index in [1.807, 2.05) is 18.3 Å². The van der Waals surface area contributed by atoms with Crippen molar-refractivity contribution in [1.29, 1.82) is 0 Å². The highest BCUT2D eigenvalue weighted by Gasteiger charge is 2.05. The number of aryl methyl sites for hydroxylation is 1. The van der Waals surface area contributed by atoms with Crippen LogP contribution < -0.4 is 0 Å². The summed E-state index contributed by atoms with van der Waals surface area (Å²) in [6.07, 6.45) is 5.22. The van der Waals surface area contributed by atoms with Gasteiger partial charge in [0, 0.05) is 24.5 Å². The normalized spacial score (nSPS) is 10.6. The van der Waals surface area contributed by atoms with E-state index in [0.29, 0.717) is 4.60 Å². The van der Waals surface area contributed by atoms with Gasteiger partial charge in [0.15, 0.2) is 0 Å². The van der Waals surface area contributed by atoms with Crippen molar-refractivity contribution in [3.63, 3.8) is 0 Å². The minimum absolute atomic E-state index is 0.164. The molecular formula is C12H13BrN2O. The molecule has 16 heavy (non-hydrogen) atoms. The Morgan fingerprint density at radius 2 is 2.19 bits per heavy atom. The monoisotopic (exact) mass is 280 g/mol. The van der Waals surface area contributed by atoms with Crippen molar-refractivity contribution < 1.29 is 5.11 Å². The number of hydrogen-bond donors (Lipinski definition) is 1. The first-order chi connectivity index (χ1) is 7.70. The van der Waals surface area contributed by atoms with Crippen LogP contribution in [-0.4, -0.2) is 14.7 Å². The zero-order valence-corrected chi connectivity index (χ0v) is 10.6. The largest absolute Gasteiger partial charge is 0.505 e. The zero-order chi connectivity index (χ0) is 11.5. The third kappa shape index (κ3) is 2.27. The highest BCUT2D eigenvalue weighted by molar-refractivity contribution is 9.10. The van der Waals surface area contributed by atoms with E-state index in [9.17, 15) is 5.11 Å².